The summed E-state index contributed by atoms with van der Waals surface area (Å²) >= 11 is 0. The molecule has 1 heterocycles. The number of benzene rings is 10. The van der Waals surface area contributed by atoms with E-state index in [9.17, 15) is 6.85 Å². The largest absolute Gasteiger partial charge is 0.455 e. The predicted octanol–water partition coefficient (Wildman–Crippen LogP) is 15.0. The van der Waals surface area contributed by atoms with Crippen molar-refractivity contribution in [2.45, 2.75) is 0 Å². The van der Waals surface area contributed by atoms with Crippen LogP contribution in [0.5, 0.6) is 0 Å². The van der Waals surface area contributed by atoms with Crippen molar-refractivity contribution in [3.05, 3.63) is 200 Å². The van der Waals surface area contributed by atoms with E-state index in [1.165, 1.54) is 4.90 Å². The molecule has 11 aromatic rings. The summed E-state index contributed by atoms with van der Waals surface area (Å²) in [5, 5.41) is 7.12. The summed E-state index contributed by atoms with van der Waals surface area (Å²) in [4.78, 5) is 1.27. The van der Waals surface area contributed by atoms with Crippen LogP contribution < -0.4 is 4.90 Å². The monoisotopic (exact) mass is 698 g/mol. The van der Waals surface area contributed by atoms with Gasteiger partial charge in [0.25, 0.3) is 0 Å². The van der Waals surface area contributed by atoms with E-state index >= 15 is 0 Å². The maximum Gasteiger partial charge on any atom is 0.143 e. The highest BCUT2D eigenvalue weighted by Gasteiger charge is 2.18. The van der Waals surface area contributed by atoms with Gasteiger partial charge in [-0.1, -0.05) is 151 Å². The van der Waals surface area contributed by atoms with Gasteiger partial charge in [-0.15, -0.1) is 0 Å². The van der Waals surface area contributed by atoms with Crippen LogP contribution in [-0.4, -0.2) is 0 Å². The van der Waals surface area contributed by atoms with Crippen LogP contribution in [0.2, 0.25) is 0 Å². The van der Waals surface area contributed by atoms with Gasteiger partial charge in [-0.2, -0.15) is 0 Å². The van der Waals surface area contributed by atoms with Crippen LogP contribution in [0.1, 0.15) is 15.1 Å². The molecule has 0 N–H and O–H groups in total. The third-order valence-corrected chi connectivity index (χ3v) is 10.2. The van der Waals surface area contributed by atoms with E-state index in [4.69, 9.17) is 12.6 Å². The molecule has 0 aliphatic heterocycles. The van der Waals surface area contributed by atoms with Crippen LogP contribution in [-0.2, 0) is 0 Å². The van der Waals surface area contributed by atoms with E-state index in [0.717, 1.165) is 59.8 Å². The molecule has 0 aliphatic rings. The first-order valence-electron chi connectivity index (χ1n) is 23.1. The van der Waals surface area contributed by atoms with Crippen LogP contribution in [0, 0.1) is 0 Å². The van der Waals surface area contributed by atoms with Gasteiger partial charge in [-0.05, 0) is 103 Å². The smallest absolute Gasteiger partial charge is 0.143 e. The molecule has 10 aromatic carbocycles. The molecular formula is C52H33NO. The van der Waals surface area contributed by atoms with Crippen molar-refractivity contribution in [2.75, 3.05) is 4.90 Å². The molecule has 0 aliphatic carbocycles. The summed E-state index contributed by atoms with van der Waals surface area (Å²) in [7, 11) is 0. The highest BCUT2D eigenvalue weighted by atomic mass is 16.3. The second-order valence-corrected chi connectivity index (χ2v) is 13.2. The molecule has 54 heavy (non-hydrogen) atoms. The Kier molecular flexibility index (Phi) is 4.84. The third kappa shape index (κ3) is 4.88. The zero-order chi connectivity index (χ0) is 45.2. The fourth-order valence-corrected chi connectivity index (χ4v) is 7.65. The van der Waals surface area contributed by atoms with E-state index in [1.54, 1.807) is 18.2 Å². The molecule has 252 valence electrons. The third-order valence-electron chi connectivity index (χ3n) is 10.2. The number of fused-ring (bicyclic) bond motifs is 9. The van der Waals surface area contributed by atoms with Gasteiger partial charge in [0.2, 0.25) is 0 Å². The Hall–Kier alpha value is -7.16. The lowest BCUT2D eigenvalue weighted by molar-refractivity contribution is 0.673. The molecule has 2 nitrogen and oxygen atoms in total. The molecule has 0 radical (unpaired) electrons. The fraction of sp³-hybridized carbons (Fsp3) is 0. The predicted molar refractivity (Wildman–Crippen MR) is 229 cm³/mol. The zero-order valence-electron chi connectivity index (χ0n) is 39.6. The molecule has 2 heteroatoms. The minimum Gasteiger partial charge on any atom is -0.455 e. The quantitative estimate of drug-likeness (QED) is 0.166. The highest BCUT2D eigenvalue weighted by molar-refractivity contribution is 6.19. The normalized spacial score (nSPS) is 14.6. The molecule has 0 atom stereocenters. The lowest BCUT2D eigenvalue weighted by atomic mass is 9.97. The number of hydrogen-bond acceptors (Lipinski definition) is 2. The lowest BCUT2D eigenvalue weighted by Crippen LogP contribution is -2.10. The van der Waals surface area contributed by atoms with Crippen molar-refractivity contribution in [3.8, 4) is 22.3 Å². The van der Waals surface area contributed by atoms with Crippen LogP contribution in [0.3, 0.4) is 0 Å². The van der Waals surface area contributed by atoms with Crippen LogP contribution in [0.15, 0.2) is 204 Å². The van der Waals surface area contributed by atoms with Gasteiger partial charge in [0.05, 0.1) is 20.8 Å². The minimum absolute atomic E-state index is 0.0443. The van der Waals surface area contributed by atoms with Crippen molar-refractivity contribution in [3.63, 3.8) is 0 Å². The van der Waals surface area contributed by atoms with Crippen LogP contribution in [0.25, 0.3) is 87.3 Å². The average molecular weight is 699 g/mol. The summed E-state index contributed by atoms with van der Waals surface area (Å²) in [6.07, 6.45) is 0. The lowest BCUT2D eigenvalue weighted by Gasteiger charge is -2.27. The minimum atomic E-state index is -0.638. The highest BCUT2D eigenvalue weighted by Crippen LogP contribution is 2.43. The van der Waals surface area contributed by atoms with Crippen molar-refractivity contribution >= 4 is 82.1 Å². The number of rotatable bonds is 5. The second-order valence-electron chi connectivity index (χ2n) is 13.2. The summed E-state index contributed by atoms with van der Waals surface area (Å²) in [6.45, 7) is 0. The SMILES string of the molecule is [2H]c1c([2H])c(N(c2ccc(-c3cccc4oc5c6ccccc6ccc5c34)cc2)c2c([2H])c([2H])c([2H])c3c([2H])c([2H])c([2H])c([2H])c23)c([2H])c([2H])c1-c1ccc2c(ccc3ccccc32)c1. The van der Waals surface area contributed by atoms with Crippen molar-refractivity contribution in [2.24, 2.45) is 0 Å². The summed E-state index contributed by atoms with van der Waals surface area (Å²) in [6, 6.07) is 36.3. The Morgan fingerprint density at radius 3 is 1.96 bits per heavy atom. The zero-order valence-corrected chi connectivity index (χ0v) is 28.6. The van der Waals surface area contributed by atoms with Crippen LogP contribution in [0.4, 0.5) is 17.1 Å². The first-order chi connectivity index (χ1) is 31.3. The number of nitrogens with zero attached hydrogens (tertiary/aromatic N) is 1. The Balaban J connectivity index is 1.15. The summed E-state index contributed by atoms with van der Waals surface area (Å²) < 4.78 is 107. The number of furan rings is 1. The first-order valence-corrected chi connectivity index (χ1v) is 17.6. The molecule has 0 saturated carbocycles. The van der Waals surface area contributed by atoms with Gasteiger partial charge in [-0.3, -0.25) is 0 Å². The summed E-state index contributed by atoms with van der Waals surface area (Å²) in [5.41, 5.74) is 3.15. The van der Waals surface area contributed by atoms with Crippen molar-refractivity contribution in [1.82, 2.24) is 0 Å². The van der Waals surface area contributed by atoms with Crippen molar-refractivity contribution < 1.29 is 19.5 Å². The first kappa shape index (κ1) is 21.4. The Labute approximate surface area is 328 Å². The molecule has 0 fully saturated rings. The molecular weight excluding hydrogens is 655 g/mol. The molecule has 11 rings (SSSR count). The molecule has 0 spiro atoms. The van der Waals surface area contributed by atoms with Gasteiger partial charge in [0, 0.05) is 32.9 Å². The Morgan fingerprint density at radius 1 is 0.407 bits per heavy atom. The van der Waals surface area contributed by atoms with Crippen molar-refractivity contribution in [1.29, 1.82) is 0 Å². The van der Waals surface area contributed by atoms with Gasteiger partial charge < -0.3 is 9.32 Å². The van der Waals surface area contributed by atoms with Gasteiger partial charge in [-0.25, -0.2) is 0 Å². The topological polar surface area (TPSA) is 16.4 Å². The maximum atomic E-state index is 9.61. The Morgan fingerprint density at radius 2 is 1.09 bits per heavy atom. The molecule has 0 saturated heterocycles. The number of anilines is 3. The standard InChI is InChI=1S/C52H33NO/c1-4-13-43-36(10-1)19-20-40-33-39(26-31-44(40)43)34-21-27-41(28-22-34)53(49-17-7-12-35-9-2-5-14-45(35)49)42-29-23-38(24-30-42)46-16-8-18-50-51(46)48-32-25-37-11-3-6-15-47(37)52(48)54-50/h1-33H/i2D,5D,7D,9D,12D,14D,17D,21D,22D,27D,28D. The molecule has 0 unspecified atom stereocenters. The summed E-state index contributed by atoms with van der Waals surface area (Å²) in [5.74, 6) is 0. The maximum absolute atomic E-state index is 9.61. The Bertz CT molecular complexity index is 3830. The van der Waals surface area contributed by atoms with Gasteiger partial charge in [0.1, 0.15) is 11.2 Å². The average Bonchev–Trinajstić information content (AvgIpc) is 3.73. The van der Waals surface area contributed by atoms with Crippen LogP contribution >= 0.6 is 0 Å². The molecule has 0 amide bonds. The van der Waals surface area contributed by atoms with E-state index in [1.807, 2.05) is 109 Å². The van der Waals surface area contributed by atoms with E-state index in [-0.39, 0.29) is 45.5 Å². The molecule has 0 bridgehead atoms. The second kappa shape index (κ2) is 12.2. The van der Waals surface area contributed by atoms with E-state index < -0.39 is 54.4 Å². The fourth-order valence-electron chi connectivity index (χ4n) is 7.65. The van der Waals surface area contributed by atoms with Gasteiger partial charge in [0.15, 0.2) is 0 Å². The molecule has 1 aromatic heterocycles. The van der Waals surface area contributed by atoms with Gasteiger partial charge >= 0.3 is 0 Å². The number of hydrogen-bond donors (Lipinski definition) is 0. The van der Waals surface area contributed by atoms with E-state index in [0.29, 0.717) is 11.1 Å². The van der Waals surface area contributed by atoms with E-state index in [2.05, 4.69) is 6.07 Å².